The highest BCUT2D eigenvalue weighted by Crippen LogP contribution is 2.25. The molecule has 0 aliphatic rings. The molecule has 1 unspecified atom stereocenters. The van der Waals surface area contributed by atoms with Crippen LogP contribution in [0.5, 0.6) is 0 Å². The van der Waals surface area contributed by atoms with Crippen LogP contribution in [0.1, 0.15) is 19.6 Å². The molecular formula is C17H19N3O. The van der Waals surface area contributed by atoms with Crippen LogP contribution >= 0.6 is 0 Å². The van der Waals surface area contributed by atoms with Crippen LogP contribution < -0.4 is 5.32 Å². The van der Waals surface area contributed by atoms with Crippen molar-refractivity contribution in [2.24, 2.45) is 0 Å². The van der Waals surface area contributed by atoms with Crippen LogP contribution in [0.15, 0.2) is 47.1 Å². The van der Waals surface area contributed by atoms with Crippen molar-refractivity contribution < 1.29 is 4.42 Å². The normalized spacial score (nSPS) is 12.7. The third-order valence-corrected chi connectivity index (χ3v) is 3.48. The van der Waals surface area contributed by atoms with E-state index >= 15 is 0 Å². The van der Waals surface area contributed by atoms with Crippen molar-refractivity contribution in [3.63, 3.8) is 0 Å². The third kappa shape index (κ3) is 3.11. The highest BCUT2D eigenvalue weighted by molar-refractivity contribution is 5.79. The molecule has 1 N–H and O–H groups in total. The lowest BCUT2D eigenvalue weighted by molar-refractivity contribution is 0.470. The van der Waals surface area contributed by atoms with Crippen LogP contribution in [-0.2, 0) is 6.42 Å². The number of aromatic nitrogens is 2. The van der Waals surface area contributed by atoms with E-state index in [1.807, 2.05) is 30.3 Å². The number of furan rings is 1. The van der Waals surface area contributed by atoms with Crippen molar-refractivity contribution in [2.75, 3.05) is 6.54 Å². The maximum absolute atomic E-state index is 5.95. The molecule has 0 amide bonds. The Labute approximate surface area is 124 Å². The number of nitrogens with zero attached hydrogens (tertiary/aromatic N) is 2. The van der Waals surface area contributed by atoms with E-state index in [-0.39, 0.29) is 0 Å². The molecule has 0 aliphatic heterocycles. The van der Waals surface area contributed by atoms with E-state index in [1.54, 1.807) is 12.4 Å². The molecule has 0 spiro atoms. The van der Waals surface area contributed by atoms with Gasteiger partial charge in [0.15, 0.2) is 0 Å². The van der Waals surface area contributed by atoms with Crippen molar-refractivity contribution in [1.82, 2.24) is 15.3 Å². The van der Waals surface area contributed by atoms with Gasteiger partial charge in [0, 0.05) is 30.4 Å². The van der Waals surface area contributed by atoms with Crippen molar-refractivity contribution >= 4 is 11.0 Å². The molecule has 3 rings (SSSR count). The van der Waals surface area contributed by atoms with E-state index in [0.717, 1.165) is 41.1 Å². The minimum atomic E-state index is 0.413. The molecule has 2 heterocycles. The van der Waals surface area contributed by atoms with Crippen molar-refractivity contribution in [2.45, 2.75) is 26.3 Å². The number of hydrogen-bond acceptors (Lipinski definition) is 4. The lowest BCUT2D eigenvalue weighted by atomic mass is 10.1. The summed E-state index contributed by atoms with van der Waals surface area (Å²) in [4.78, 5) is 8.61. The van der Waals surface area contributed by atoms with Gasteiger partial charge in [-0.05, 0) is 43.8 Å². The Bertz CT molecular complexity index is 735. The van der Waals surface area contributed by atoms with E-state index < -0.39 is 0 Å². The zero-order chi connectivity index (χ0) is 14.7. The Hall–Kier alpha value is -2.20. The minimum absolute atomic E-state index is 0.413. The summed E-state index contributed by atoms with van der Waals surface area (Å²) in [5.41, 5.74) is 2.81. The third-order valence-electron chi connectivity index (χ3n) is 3.48. The first-order chi connectivity index (χ1) is 10.3. The summed E-state index contributed by atoms with van der Waals surface area (Å²) >= 11 is 0. The van der Waals surface area contributed by atoms with Crippen molar-refractivity contribution in [3.05, 3.63) is 48.5 Å². The Morgan fingerprint density at radius 2 is 1.90 bits per heavy atom. The summed E-state index contributed by atoms with van der Waals surface area (Å²) in [5, 5.41) is 3.39. The average Bonchev–Trinajstić information content (AvgIpc) is 2.95. The van der Waals surface area contributed by atoms with Gasteiger partial charge in [0.25, 0.3) is 0 Å². The molecule has 1 atom stereocenters. The second-order valence-electron chi connectivity index (χ2n) is 5.19. The predicted octanol–water partition coefficient (Wildman–Crippen LogP) is 3.43. The maximum Gasteiger partial charge on any atom is 0.134 e. The SMILES string of the molecule is CCNC(C)Cc1ccc(-c2ccc3nccnc3c2)o1. The Morgan fingerprint density at radius 1 is 1.10 bits per heavy atom. The average molecular weight is 281 g/mol. The monoisotopic (exact) mass is 281 g/mol. The zero-order valence-electron chi connectivity index (χ0n) is 12.3. The summed E-state index contributed by atoms with van der Waals surface area (Å²) in [5.74, 6) is 1.87. The fourth-order valence-electron chi connectivity index (χ4n) is 2.48. The van der Waals surface area contributed by atoms with Gasteiger partial charge in [0.1, 0.15) is 11.5 Å². The van der Waals surface area contributed by atoms with Crippen molar-refractivity contribution in [1.29, 1.82) is 0 Å². The van der Waals surface area contributed by atoms with Crippen LogP contribution in [0.2, 0.25) is 0 Å². The maximum atomic E-state index is 5.95. The van der Waals surface area contributed by atoms with E-state index in [4.69, 9.17) is 4.42 Å². The van der Waals surface area contributed by atoms with Gasteiger partial charge in [-0.15, -0.1) is 0 Å². The Morgan fingerprint density at radius 3 is 2.71 bits per heavy atom. The standard InChI is InChI=1S/C17H19N3O/c1-3-18-12(2)10-14-5-7-17(21-14)13-4-6-15-16(11-13)20-9-8-19-15/h4-9,11-12,18H,3,10H2,1-2H3. The van der Waals surface area contributed by atoms with Crippen molar-refractivity contribution in [3.8, 4) is 11.3 Å². The summed E-state index contributed by atoms with van der Waals surface area (Å²) in [7, 11) is 0. The molecule has 1 aromatic carbocycles. The number of nitrogens with one attached hydrogen (secondary N) is 1. The fraction of sp³-hybridized carbons (Fsp3) is 0.294. The minimum Gasteiger partial charge on any atom is -0.461 e. The number of hydrogen-bond donors (Lipinski definition) is 1. The predicted molar refractivity (Wildman–Crippen MR) is 84.1 cm³/mol. The molecule has 4 heteroatoms. The van der Waals surface area contributed by atoms with Crippen LogP contribution in [-0.4, -0.2) is 22.6 Å². The molecule has 0 radical (unpaired) electrons. The summed E-state index contributed by atoms with van der Waals surface area (Å²) in [6, 6.07) is 10.5. The molecule has 0 aliphatic carbocycles. The zero-order valence-corrected chi connectivity index (χ0v) is 12.3. The molecule has 3 aromatic rings. The first-order valence-corrected chi connectivity index (χ1v) is 7.29. The molecule has 21 heavy (non-hydrogen) atoms. The van der Waals surface area contributed by atoms with E-state index in [9.17, 15) is 0 Å². The summed E-state index contributed by atoms with van der Waals surface area (Å²) < 4.78 is 5.95. The Balaban J connectivity index is 1.84. The highest BCUT2D eigenvalue weighted by atomic mass is 16.3. The van der Waals surface area contributed by atoms with Crippen LogP contribution in [0.4, 0.5) is 0 Å². The van der Waals surface area contributed by atoms with Crippen LogP contribution in [0.3, 0.4) is 0 Å². The number of fused-ring (bicyclic) bond motifs is 1. The topological polar surface area (TPSA) is 51.0 Å². The van der Waals surface area contributed by atoms with Crippen LogP contribution in [0, 0.1) is 0 Å². The van der Waals surface area contributed by atoms with Crippen LogP contribution in [0.25, 0.3) is 22.4 Å². The van der Waals surface area contributed by atoms with Gasteiger partial charge in [-0.1, -0.05) is 6.92 Å². The number of benzene rings is 1. The Kier molecular flexibility index (Phi) is 3.97. The summed E-state index contributed by atoms with van der Waals surface area (Å²) in [6.07, 6.45) is 4.30. The smallest absolute Gasteiger partial charge is 0.134 e. The molecule has 0 saturated carbocycles. The van der Waals surface area contributed by atoms with Gasteiger partial charge in [0.05, 0.1) is 11.0 Å². The van der Waals surface area contributed by atoms with E-state index in [0.29, 0.717) is 6.04 Å². The largest absolute Gasteiger partial charge is 0.461 e. The lowest BCUT2D eigenvalue weighted by Gasteiger charge is -2.09. The molecule has 0 bridgehead atoms. The number of likely N-dealkylation sites (N-methyl/N-ethyl adjacent to an activating group) is 1. The molecule has 0 saturated heterocycles. The molecule has 2 aromatic heterocycles. The first-order valence-electron chi connectivity index (χ1n) is 7.29. The van der Waals surface area contributed by atoms with Gasteiger partial charge >= 0.3 is 0 Å². The first kappa shape index (κ1) is 13.8. The molecule has 4 nitrogen and oxygen atoms in total. The summed E-state index contributed by atoms with van der Waals surface area (Å²) in [6.45, 7) is 5.25. The van der Waals surface area contributed by atoms with Gasteiger partial charge in [-0.25, -0.2) is 0 Å². The quantitative estimate of drug-likeness (QED) is 0.778. The molecular weight excluding hydrogens is 262 g/mol. The second-order valence-corrected chi connectivity index (χ2v) is 5.19. The van der Waals surface area contributed by atoms with Gasteiger partial charge in [-0.3, -0.25) is 9.97 Å². The van der Waals surface area contributed by atoms with Gasteiger partial charge < -0.3 is 9.73 Å². The fourth-order valence-corrected chi connectivity index (χ4v) is 2.48. The lowest BCUT2D eigenvalue weighted by Crippen LogP contribution is -2.27. The molecule has 0 fully saturated rings. The van der Waals surface area contributed by atoms with Gasteiger partial charge in [0.2, 0.25) is 0 Å². The molecule has 108 valence electrons. The number of rotatable bonds is 5. The second kappa shape index (κ2) is 6.06. The van der Waals surface area contributed by atoms with Gasteiger partial charge in [-0.2, -0.15) is 0 Å². The van der Waals surface area contributed by atoms with E-state index in [2.05, 4.69) is 29.1 Å². The van der Waals surface area contributed by atoms with E-state index in [1.165, 1.54) is 0 Å². The highest BCUT2D eigenvalue weighted by Gasteiger charge is 2.09.